The zero-order chi connectivity index (χ0) is 21.3. The van der Waals surface area contributed by atoms with E-state index in [2.05, 4.69) is 10.3 Å². The maximum atomic E-state index is 12.1. The van der Waals surface area contributed by atoms with Crippen LogP contribution in [0.2, 0.25) is 0 Å². The number of aromatic nitrogens is 2. The smallest absolute Gasteiger partial charge is 0.231 e. The number of nitrogens with zero attached hydrogens (tertiary/aromatic N) is 4. The van der Waals surface area contributed by atoms with Gasteiger partial charge in [0.05, 0.1) is 5.69 Å². The molecule has 0 aliphatic carbocycles. The summed E-state index contributed by atoms with van der Waals surface area (Å²) in [4.78, 5) is 24.0. The number of nitrogens with one attached hydrogen (secondary N) is 1. The van der Waals surface area contributed by atoms with Gasteiger partial charge in [-0.05, 0) is 24.8 Å². The Morgan fingerprint density at radius 2 is 2.13 bits per heavy atom. The Balaban J connectivity index is 1.72. The molecule has 158 valence electrons. The van der Waals surface area contributed by atoms with Crippen LogP contribution in [0.1, 0.15) is 19.0 Å². The summed E-state index contributed by atoms with van der Waals surface area (Å²) in [6.45, 7) is 2.91. The number of ether oxygens (including phenoxy) is 2. The average Bonchev–Trinajstić information content (AvgIpc) is 3.30. The van der Waals surface area contributed by atoms with Crippen molar-refractivity contribution in [2.24, 2.45) is 10.7 Å². The molecule has 9 nitrogen and oxygen atoms in total. The minimum absolute atomic E-state index is 0.0606. The number of allylic oxidation sites excluding steroid dienone is 2. The van der Waals surface area contributed by atoms with E-state index in [0.29, 0.717) is 36.9 Å². The first-order valence-corrected chi connectivity index (χ1v) is 10.4. The second-order valence-electron chi connectivity index (χ2n) is 7.01. The van der Waals surface area contributed by atoms with Crippen molar-refractivity contribution < 1.29 is 14.3 Å². The minimum atomic E-state index is 0.0606. The standard InChI is InChI=1S/C20H24N6O3S/c1-4-5-12(27)6-7-26-19-17(18(21)22-10-23-19)24-20(26)30-16-9-15-14(28-11-29-15)8-13(16)25(2)3/h4-5,8-9,23H,6-7,10-11H2,1-3H3,(H2,21,22). The predicted molar refractivity (Wildman–Crippen MR) is 117 cm³/mol. The highest BCUT2D eigenvalue weighted by atomic mass is 32.2. The SMILES string of the molecule is CC=CC(=O)CCn1c(Sc2cc3c(cc2N(C)C)OCO3)nc2c1NCN=C2N. The number of hydrogen-bond acceptors (Lipinski definition) is 9. The van der Waals surface area contributed by atoms with Crippen LogP contribution >= 0.6 is 11.8 Å². The summed E-state index contributed by atoms with van der Waals surface area (Å²) in [6.07, 6.45) is 3.70. The Bertz CT molecular complexity index is 1040. The molecule has 3 heterocycles. The molecule has 0 amide bonds. The maximum absolute atomic E-state index is 12.1. The Hall–Kier alpha value is -3.14. The van der Waals surface area contributed by atoms with Gasteiger partial charge in [-0.3, -0.25) is 4.79 Å². The molecule has 3 N–H and O–H groups in total. The van der Waals surface area contributed by atoms with E-state index in [1.165, 1.54) is 11.8 Å². The number of nitrogens with two attached hydrogens (primary N) is 1. The van der Waals surface area contributed by atoms with E-state index < -0.39 is 0 Å². The first kappa shape index (κ1) is 20.1. The first-order chi connectivity index (χ1) is 14.5. The second-order valence-corrected chi connectivity index (χ2v) is 8.02. The number of carbonyl (C=O) groups excluding carboxylic acids is 1. The predicted octanol–water partition coefficient (Wildman–Crippen LogP) is 2.45. The molecular weight excluding hydrogens is 404 g/mol. The van der Waals surface area contributed by atoms with Gasteiger partial charge in [0.25, 0.3) is 0 Å². The Morgan fingerprint density at radius 3 is 2.87 bits per heavy atom. The van der Waals surface area contributed by atoms with E-state index in [0.717, 1.165) is 27.3 Å². The van der Waals surface area contributed by atoms with Gasteiger partial charge in [-0.25, -0.2) is 9.98 Å². The maximum Gasteiger partial charge on any atom is 0.231 e. The molecular formula is C20H24N6O3S. The van der Waals surface area contributed by atoms with Crippen molar-refractivity contribution in [1.29, 1.82) is 0 Å². The fourth-order valence-corrected chi connectivity index (χ4v) is 4.42. The van der Waals surface area contributed by atoms with Gasteiger partial charge >= 0.3 is 0 Å². The molecule has 0 fully saturated rings. The summed E-state index contributed by atoms with van der Waals surface area (Å²) in [5.41, 5.74) is 7.67. The number of anilines is 2. The van der Waals surface area contributed by atoms with Crippen molar-refractivity contribution in [1.82, 2.24) is 9.55 Å². The van der Waals surface area contributed by atoms with Crippen LogP contribution in [0.5, 0.6) is 11.5 Å². The molecule has 0 saturated carbocycles. The van der Waals surface area contributed by atoms with Crippen molar-refractivity contribution in [3.05, 3.63) is 30.0 Å². The van der Waals surface area contributed by atoms with Gasteiger partial charge in [-0.1, -0.05) is 6.08 Å². The summed E-state index contributed by atoms with van der Waals surface area (Å²) >= 11 is 1.49. The summed E-state index contributed by atoms with van der Waals surface area (Å²) in [6, 6.07) is 3.91. The van der Waals surface area contributed by atoms with Crippen LogP contribution in [0, 0.1) is 0 Å². The van der Waals surface area contributed by atoms with Crippen LogP contribution in [0.3, 0.4) is 0 Å². The van der Waals surface area contributed by atoms with E-state index in [1.807, 2.05) is 42.6 Å². The van der Waals surface area contributed by atoms with Crippen LogP contribution in [0.15, 0.2) is 39.3 Å². The molecule has 0 radical (unpaired) electrons. The number of amidine groups is 1. The van der Waals surface area contributed by atoms with Gasteiger partial charge in [0.15, 0.2) is 22.4 Å². The van der Waals surface area contributed by atoms with Gasteiger partial charge < -0.3 is 30.0 Å². The van der Waals surface area contributed by atoms with E-state index in [9.17, 15) is 4.79 Å². The quantitative estimate of drug-likeness (QED) is 0.648. The lowest BCUT2D eigenvalue weighted by atomic mass is 10.2. The zero-order valence-corrected chi connectivity index (χ0v) is 18.0. The van der Waals surface area contributed by atoms with Crippen LogP contribution in [-0.4, -0.2) is 48.7 Å². The summed E-state index contributed by atoms with van der Waals surface area (Å²) < 4.78 is 13.1. The molecule has 4 rings (SSSR count). The van der Waals surface area contributed by atoms with Crippen LogP contribution in [-0.2, 0) is 11.3 Å². The molecule has 0 unspecified atom stereocenters. The monoisotopic (exact) mass is 428 g/mol. The number of carbonyl (C=O) groups is 1. The van der Waals surface area contributed by atoms with Gasteiger partial charge in [0, 0.05) is 44.1 Å². The average molecular weight is 429 g/mol. The van der Waals surface area contributed by atoms with Crippen LogP contribution in [0.4, 0.5) is 11.5 Å². The third kappa shape index (κ3) is 3.82. The van der Waals surface area contributed by atoms with Crippen LogP contribution in [0.25, 0.3) is 0 Å². The molecule has 0 bridgehead atoms. The van der Waals surface area contributed by atoms with E-state index in [4.69, 9.17) is 20.2 Å². The van der Waals surface area contributed by atoms with Crippen LogP contribution < -0.4 is 25.4 Å². The third-order valence-corrected chi connectivity index (χ3v) is 5.78. The fraction of sp³-hybridized carbons (Fsp3) is 0.350. The van der Waals surface area contributed by atoms with Crippen molar-refractivity contribution in [2.75, 3.05) is 37.8 Å². The first-order valence-electron chi connectivity index (χ1n) is 9.57. The zero-order valence-electron chi connectivity index (χ0n) is 17.1. The van der Waals surface area contributed by atoms with Crippen molar-refractivity contribution in [2.45, 2.75) is 29.9 Å². The molecule has 10 heteroatoms. The minimum Gasteiger partial charge on any atom is -0.454 e. The number of benzene rings is 1. The summed E-state index contributed by atoms with van der Waals surface area (Å²) in [7, 11) is 3.95. The molecule has 0 saturated heterocycles. The molecule has 2 aliphatic rings. The van der Waals surface area contributed by atoms with Gasteiger partial charge in [0.1, 0.15) is 24.0 Å². The number of aliphatic imine (C=N–C) groups is 1. The highest BCUT2D eigenvalue weighted by molar-refractivity contribution is 7.99. The highest BCUT2D eigenvalue weighted by Gasteiger charge is 2.25. The second kappa shape index (κ2) is 8.31. The fourth-order valence-electron chi connectivity index (χ4n) is 3.28. The largest absolute Gasteiger partial charge is 0.454 e. The molecule has 0 spiro atoms. The van der Waals surface area contributed by atoms with Crippen molar-refractivity contribution >= 4 is 34.9 Å². The molecule has 1 aromatic heterocycles. The molecule has 1 aromatic carbocycles. The number of ketones is 1. The molecule has 2 aromatic rings. The number of rotatable bonds is 7. The number of fused-ring (bicyclic) bond motifs is 2. The van der Waals surface area contributed by atoms with Gasteiger partial charge in [-0.2, -0.15) is 0 Å². The topological polar surface area (TPSA) is 107 Å². The Morgan fingerprint density at radius 1 is 1.37 bits per heavy atom. The van der Waals surface area contributed by atoms with Crippen molar-refractivity contribution in [3.63, 3.8) is 0 Å². The summed E-state index contributed by atoms with van der Waals surface area (Å²) in [5, 5.41) is 3.96. The number of imidazole rings is 1. The molecule has 0 atom stereocenters. The molecule has 30 heavy (non-hydrogen) atoms. The normalized spacial score (nSPS) is 14.4. The third-order valence-electron chi connectivity index (χ3n) is 4.74. The number of hydrogen-bond donors (Lipinski definition) is 2. The van der Waals surface area contributed by atoms with Gasteiger partial charge in [0.2, 0.25) is 6.79 Å². The van der Waals surface area contributed by atoms with E-state index in [1.54, 1.807) is 12.2 Å². The lowest BCUT2D eigenvalue weighted by Crippen LogP contribution is -2.23. The summed E-state index contributed by atoms with van der Waals surface area (Å²) in [5.74, 6) is 2.66. The van der Waals surface area contributed by atoms with E-state index in [-0.39, 0.29) is 12.6 Å². The Labute approximate surface area is 178 Å². The lowest BCUT2D eigenvalue weighted by molar-refractivity contribution is -0.114. The highest BCUT2D eigenvalue weighted by Crippen LogP contribution is 2.44. The molecule has 2 aliphatic heterocycles. The van der Waals surface area contributed by atoms with Gasteiger partial charge in [-0.15, -0.1) is 0 Å². The van der Waals surface area contributed by atoms with E-state index >= 15 is 0 Å². The lowest BCUT2D eigenvalue weighted by Gasteiger charge is -2.18. The van der Waals surface area contributed by atoms with Crippen molar-refractivity contribution in [3.8, 4) is 11.5 Å². The Kier molecular flexibility index (Phi) is 5.58.